The lowest BCUT2D eigenvalue weighted by Crippen LogP contribution is -2.48. The average Bonchev–Trinajstić information content (AvgIpc) is 2.33. The molecular weight excluding hydrogens is 277 g/mol. The summed E-state index contributed by atoms with van der Waals surface area (Å²) in [5.74, 6) is -0.380. The summed E-state index contributed by atoms with van der Waals surface area (Å²) in [4.78, 5) is 0. The molecule has 0 bridgehead atoms. The topological polar surface area (TPSA) is 21.3 Å². The van der Waals surface area contributed by atoms with Crippen LogP contribution in [0.15, 0.2) is 18.2 Å². The van der Waals surface area contributed by atoms with Crippen molar-refractivity contribution in [2.24, 2.45) is 5.41 Å². The number of hydrogen-bond acceptors (Lipinski definition) is 2. The molecule has 0 aromatic heterocycles. The van der Waals surface area contributed by atoms with Crippen molar-refractivity contribution in [1.29, 1.82) is 0 Å². The van der Waals surface area contributed by atoms with Gasteiger partial charge in [0.25, 0.3) is 0 Å². The van der Waals surface area contributed by atoms with Crippen LogP contribution in [0.5, 0.6) is 0 Å². The molecule has 4 heteroatoms. The number of halogens is 2. The van der Waals surface area contributed by atoms with Crippen molar-refractivity contribution in [2.75, 3.05) is 13.7 Å². The van der Waals surface area contributed by atoms with Crippen molar-refractivity contribution >= 4 is 11.6 Å². The normalized spacial score (nSPS) is 15.2. The van der Waals surface area contributed by atoms with Crippen LogP contribution in [0.2, 0.25) is 5.02 Å². The summed E-state index contributed by atoms with van der Waals surface area (Å²) >= 11 is 5.85. The molecule has 0 heterocycles. The van der Waals surface area contributed by atoms with Gasteiger partial charge in [-0.25, -0.2) is 4.39 Å². The minimum absolute atomic E-state index is 0.0193. The van der Waals surface area contributed by atoms with Gasteiger partial charge in [-0.3, -0.25) is 0 Å². The second-order valence-electron chi connectivity index (χ2n) is 6.14. The SMILES string of the molecule is CCNC(Cc1ccc(F)c(Cl)c1)C(OC)C(C)(C)C. The number of methoxy groups -OCH3 is 1. The zero-order chi connectivity index (χ0) is 15.3. The molecule has 114 valence electrons. The summed E-state index contributed by atoms with van der Waals surface area (Å²) in [6.07, 6.45) is 0.815. The molecule has 0 spiro atoms. The summed E-state index contributed by atoms with van der Waals surface area (Å²) in [7, 11) is 1.73. The van der Waals surface area contributed by atoms with E-state index in [1.165, 1.54) is 6.07 Å². The Morgan fingerprint density at radius 3 is 2.45 bits per heavy atom. The number of ether oxygens (including phenoxy) is 1. The Hall–Kier alpha value is -0.640. The Morgan fingerprint density at radius 2 is 2.00 bits per heavy atom. The molecule has 1 aromatic rings. The van der Waals surface area contributed by atoms with Crippen LogP contribution in [0.1, 0.15) is 33.3 Å². The molecule has 2 atom stereocenters. The summed E-state index contributed by atoms with van der Waals surface area (Å²) < 4.78 is 18.9. The summed E-state index contributed by atoms with van der Waals surface area (Å²) in [6, 6.07) is 5.04. The number of benzene rings is 1. The molecule has 0 saturated heterocycles. The quantitative estimate of drug-likeness (QED) is 0.855. The van der Waals surface area contributed by atoms with E-state index in [2.05, 4.69) is 33.0 Å². The van der Waals surface area contributed by atoms with Crippen LogP contribution < -0.4 is 5.32 Å². The third kappa shape index (κ3) is 4.72. The molecule has 0 aliphatic heterocycles. The van der Waals surface area contributed by atoms with Gasteiger partial charge in [0.15, 0.2) is 0 Å². The minimum atomic E-state index is -0.380. The molecular formula is C16H25ClFNO. The van der Waals surface area contributed by atoms with Gasteiger partial charge in [0.05, 0.1) is 11.1 Å². The Bertz CT molecular complexity index is 431. The lowest BCUT2D eigenvalue weighted by Gasteiger charge is -2.36. The first-order valence-electron chi connectivity index (χ1n) is 6.99. The number of rotatable bonds is 6. The number of hydrogen-bond donors (Lipinski definition) is 1. The van der Waals surface area contributed by atoms with Gasteiger partial charge in [0.1, 0.15) is 5.82 Å². The maximum absolute atomic E-state index is 13.2. The molecule has 20 heavy (non-hydrogen) atoms. The number of likely N-dealkylation sites (N-methyl/N-ethyl adjacent to an activating group) is 1. The standard InChI is InChI=1S/C16H25ClFNO/c1-6-19-14(15(20-5)16(2,3)4)10-11-7-8-13(18)12(17)9-11/h7-9,14-15,19H,6,10H2,1-5H3. The fourth-order valence-electron chi connectivity index (χ4n) is 2.59. The lowest BCUT2D eigenvalue weighted by molar-refractivity contribution is -0.0106. The Kier molecular flexibility index (Phi) is 6.44. The van der Waals surface area contributed by atoms with E-state index < -0.39 is 0 Å². The van der Waals surface area contributed by atoms with Crippen LogP contribution in [0.25, 0.3) is 0 Å². The van der Waals surface area contributed by atoms with Gasteiger partial charge in [-0.05, 0) is 36.1 Å². The predicted octanol–water partition coefficient (Wildman–Crippen LogP) is 4.06. The molecule has 0 aliphatic carbocycles. The van der Waals surface area contributed by atoms with Gasteiger partial charge in [-0.1, -0.05) is 45.4 Å². The maximum atomic E-state index is 13.2. The van der Waals surface area contributed by atoms with Crippen molar-refractivity contribution in [3.63, 3.8) is 0 Å². The van der Waals surface area contributed by atoms with Gasteiger partial charge in [0, 0.05) is 13.2 Å². The molecule has 2 nitrogen and oxygen atoms in total. The third-order valence-corrected chi connectivity index (χ3v) is 3.67. The first-order chi connectivity index (χ1) is 9.29. The van der Waals surface area contributed by atoms with E-state index in [4.69, 9.17) is 16.3 Å². The first-order valence-corrected chi connectivity index (χ1v) is 7.37. The first kappa shape index (κ1) is 17.4. The van der Waals surface area contributed by atoms with E-state index in [0.717, 1.165) is 18.5 Å². The van der Waals surface area contributed by atoms with Gasteiger partial charge in [-0.15, -0.1) is 0 Å². The zero-order valence-electron chi connectivity index (χ0n) is 13.0. The van der Waals surface area contributed by atoms with Crippen LogP contribution >= 0.6 is 11.6 Å². The van der Waals surface area contributed by atoms with Crippen molar-refractivity contribution in [3.05, 3.63) is 34.6 Å². The Balaban J connectivity index is 2.93. The fraction of sp³-hybridized carbons (Fsp3) is 0.625. The van der Waals surface area contributed by atoms with Crippen LogP contribution in [0.3, 0.4) is 0 Å². The summed E-state index contributed by atoms with van der Waals surface area (Å²) in [6.45, 7) is 9.39. The second-order valence-corrected chi connectivity index (χ2v) is 6.55. The monoisotopic (exact) mass is 301 g/mol. The maximum Gasteiger partial charge on any atom is 0.141 e. The van der Waals surface area contributed by atoms with Gasteiger partial charge >= 0.3 is 0 Å². The molecule has 0 saturated carbocycles. The molecule has 2 unspecified atom stereocenters. The van der Waals surface area contributed by atoms with Crippen LogP contribution in [0, 0.1) is 11.2 Å². The van der Waals surface area contributed by atoms with Crippen molar-refractivity contribution in [2.45, 2.75) is 46.3 Å². The highest BCUT2D eigenvalue weighted by atomic mass is 35.5. The van der Waals surface area contributed by atoms with E-state index in [9.17, 15) is 4.39 Å². The smallest absolute Gasteiger partial charge is 0.141 e. The molecule has 1 aromatic carbocycles. The van der Waals surface area contributed by atoms with Crippen LogP contribution in [-0.4, -0.2) is 25.8 Å². The molecule has 1 rings (SSSR count). The third-order valence-electron chi connectivity index (χ3n) is 3.38. The van der Waals surface area contributed by atoms with E-state index in [1.54, 1.807) is 19.2 Å². The highest BCUT2D eigenvalue weighted by molar-refractivity contribution is 6.30. The summed E-state index contributed by atoms with van der Waals surface area (Å²) in [5.41, 5.74) is 1.03. The van der Waals surface area contributed by atoms with Crippen molar-refractivity contribution < 1.29 is 9.13 Å². The summed E-state index contributed by atoms with van der Waals surface area (Å²) in [5, 5.41) is 3.63. The van der Waals surface area contributed by atoms with Crippen molar-refractivity contribution in [1.82, 2.24) is 5.32 Å². The molecule has 1 N–H and O–H groups in total. The largest absolute Gasteiger partial charge is 0.379 e. The Labute approximate surface area is 126 Å². The zero-order valence-corrected chi connectivity index (χ0v) is 13.7. The number of nitrogens with one attached hydrogen (secondary N) is 1. The molecule has 0 aliphatic rings. The van der Waals surface area contributed by atoms with Crippen molar-refractivity contribution in [3.8, 4) is 0 Å². The van der Waals surface area contributed by atoms with E-state index in [0.29, 0.717) is 0 Å². The minimum Gasteiger partial charge on any atom is -0.379 e. The van der Waals surface area contributed by atoms with E-state index >= 15 is 0 Å². The highest BCUT2D eigenvalue weighted by Gasteiger charge is 2.32. The second kappa shape index (κ2) is 7.39. The van der Waals surface area contributed by atoms with E-state index in [-0.39, 0.29) is 28.4 Å². The fourth-order valence-corrected chi connectivity index (χ4v) is 2.79. The van der Waals surface area contributed by atoms with Crippen LogP contribution in [-0.2, 0) is 11.2 Å². The van der Waals surface area contributed by atoms with Crippen LogP contribution in [0.4, 0.5) is 4.39 Å². The lowest BCUT2D eigenvalue weighted by atomic mass is 9.82. The molecule has 0 fully saturated rings. The predicted molar refractivity (Wildman–Crippen MR) is 82.8 cm³/mol. The molecule has 0 radical (unpaired) electrons. The Morgan fingerprint density at radius 1 is 1.35 bits per heavy atom. The molecule has 0 amide bonds. The highest BCUT2D eigenvalue weighted by Crippen LogP contribution is 2.27. The van der Waals surface area contributed by atoms with Gasteiger partial charge in [-0.2, -0.15) is 0 Å². The average molecular weight is 302 g/mol. The van der Waals surface area contributed by atoms with Gasteiger partial charge < -0.3 is 10.1 Å². The van der Waals surface area contributed by atoms with E-state index in [1.807, 2.05) is 0 Å². The van der Waals surface area contributed by atoms with Gasteiger partial charge in [0.2, 0.25) is 0 Å².